The lowest BCUT2D eigenvalue weighted by Gasteiger charge is -2.38. The van der Waals surface area contributed by atoms with Crippen molar-refractivity contribution in [3.8, 4) is 0 Å². The Kier molecular flexibility index (Phi) is 10.7. The Morgan fingerprint density at radius 3 is 2.74 bits per heavy atom. The topological polar surface area (TPSA) is 66.5 Å². The number of hydrogen-bond acceptors (Lipinski definition) is 7. The van der Waals surface area contributed by atoms with Gasteiger partial charge in [-0.15, -0.1) is 0 Å². The highest BCUT2D eigenvalue weighted by Gasteiger charge is 2.27. The van der Waals surface area contributed by atoms with E-state index >= 15 is 0 Å². The molecule has 3 heterocycles. The van der Waals surface area contributed by atoms with Crippen LogP contribution >= 0.6 is 46.8 Å². The van der Waals surface area contributed by atoms with E-state index in [1.807, 2.05) is 0 Å². The van der Waals surface area contributed by atoms with Gasteiger partial charge in [0.25, 0.3) is 5.91 Å². The molecular weight excluding hydrogens is 511 g/mol. The normalized spacial score (nSPS) is 16.9. The number of ether oxygens (including phenoxy) is 1. The van der Waals surface area contributed by atoms with Crippen LogP contribution in [0.25, 0.3) is 0 Å². The number of rotatable bonds is 11. The number of likely N-dealkylation sites (tertiary alicyclic amines) is 1. The molecule has 6 nitrogen and oxygen atoms in total. The van der Waals surface area contributed by atoms with E-state index in [2.05, 4.69) is 44.3 Å². The monoisotopic (exact) mass is 542 g/mol. The molecule has 2 aromatic rings. The summed E-state index contributed by atoms with van der Waals surface area (Å²) >= 11 is 19.4. The number of thiophene rings is 1. The molecule has 0 spiro atoms. The van der Waals surface area contributed by atoms with Crippen molar-refractivity contribution >= 4 is 57.5 Å². The van der Waals surface area contributed by atoms with Gasteiger partial charge in [0.2, 0.25) is 0 Å². The van der Waals surface area contributed by atoms with E-state index in [1.54, 1.807) is 31.4 Å². The van der Waals surface area contributed by atoms with Crippen LogP contribution in [0.1, 0.15) is 53.7 Å². The lowest BCUT2D eigenvalue weighted by atomic mass is 9.99. The van der Waals surface area contributed by atoms with Gasteiger partial charge in [0.05, 0.1) is 18.2 Å². The van der Waals surface area contributed by atoms with Gasteiger partial charge in [0.1, 0.15) is 10.3 Å². The first-order valence-corrected chi connectivity index (χ1v) is 13.6. The van der Waals surface area contributed by atoms with Crippen LogP contribution in [-0.2, 0) is 4.74 Å². The van der Waals surface area contributed by atoms with Gasteiger partial charge in [-0.3, -0.25) is 4.79 Å². The van der Waals surface area contributed by atoms with Gasteiger partial charge in [-0.1, -0.05) is 35.4 Å². The zero-order chi connectivity index (χ0) is 24.7. The van der Waals surface area contributed by atoms with Crippen LogP contribution in [0.3, 0.4) is 0 Å². The molecule has 0 saturated carbocycles. The number of aromatic nitrogens is 1. The van der Waals surface area contributed by atoms with E-state index in [4.69, 9.17) is 40.2 Å². The van der Waals surface area contributed by atoms with Crippen molar-refractivity contribution in [3.63, 3.8) is 0 Å². The molecule has 1 saturated heterocycles. The van der Waals surface area contributed by atoms with E-state index in [9.17, 15) is 4.79 Å². The average molecular weight is 544 g/mol. The third-order valence-corrected chi connectivity index (χ3v) is 7.78. The van der Waals surface area contributed by atoms with E-state index in [1.165, 1.54) is 5.56 Å². The number of aryl methyl sites for hydroxylation is 1. The lowest BCUT2D eigenvalue weighted by molar-refractivity contribution is 0.0943. The number of carbonyl (C=O) groups is 1. The van der Waals surface area contributed by atoms with Crippen molar-refractivity contribution in [1.29, 1.82) is 0 Å². The molecule has 0 radical (unpaired) electrons. The second kappa shape index (κ2) is 13.3. The summed E-state index contributed by atoms with van der Waals surface area (Å²) in [5.74, 6) is -0.215. The number of methoxy groups -OCH3 is 1. The quantitative estimate of drug-likeness (QED) is 0.305. The number of piperidine rings is 1. The number of carbonyl (C=O) groups excluding carboxylic acids is 1. The highest BCUT2D eigenvalue weighted by Crippen LogP contribution is 2.24. The maximum Gasteiger partial charge on any atom is 0.254 e. The van der Waals surface area contributed by atoms with Crippen molar-refractivity contribution in [1.82, 2.24) is 20.5 Å². The van der Waals surface area contributed by atoms with Gasteiger partial charge in [0.15, 0.2) is 0 Å². The Morgan fingerprint density at radius 2 is 2.12 bits per heavy atom. The molecule has 10 heteroatoms. The maximum atomic E-state index is 12.6. The second-order valence-corrected chi connectivity index (χ2v) is 10.7. The highest BCUT2D eigenvalue weighted by atomic mass is 35.5. The molecule has 1 aliphatic rings. The highest BCUT2D eigenvalue weighted by molar-refractivity contribution is 7.80. The maximum absolute atomic E-state index is 12.6. The van der Waals surface area contributed by atoms with Gasteiger partial charge in [-0.25, -0.2) is 4.98 Å². The minimum atomic E-state index is -0.215. The summed E-state index contributed by atoms with van der Waals surface area (Å²) in [5, 5.41) is 11.4. The van der Waals surface area contributed by atoms with Gasteiger partial charge in [-0.05, 0) is 80.2 Å². The molecule has 0 aromatic carbocycles. The molecule has 3 rings (SSSR count). The Bertz CT molecular complexity index is 943. The molecule has 1 aliphatic heterocycles. The van der Waals surface area contributed by atoms with Crippen LogP contribution < -0.4 is 10.6 Å². The summed E-state index contributed by atoms with van der Waals surface area (Å²) in [6.07, 6.45) is 2.97. The fraction of sp³-hybridized carbons (Fsp3) is 0.542. The molecule has 2 aromatic heterocycles. The van der Waals surface area contributed by atoms with Gasteiger partial charge >= 0.3 is 0 Å². The number of pyridine rings is 1. The summed E-state index contributed by atoms with van der Waals surface area (Å²) in [4.78, 5) is 19.9. The number of halogens is 2. The number of nitrogens with zero attached hydrogens (tertiary/aromatic N) is 2. The van der Waals surface area contributed by atoms with Crippen LogP contribution in [-0.4, -0.2) is 66.1 Å². The molecule has 1 fully saturated rings. The first-order valence-electron chi connectivity index (χ1n) is 11.4. The number of nitrogens with one attached hydrogen (secondary N) is 2. The van der Waals surface area contributed by atoms with Crippen molar-refractivity contribution in [2.75, 3.05) is 33.4 Å². The van der Waals surface area contributed by atoms with Crippen molar-refractivity contribution in [3.05, 3.63) is 49.9 Å². The van der Waals surface area contributed by atoms with E-state index in [-0.39, 0.29) is 22.3 Å². The van der Waals surface area contributed by atoms with E-state index < -0.39 is 0 Å². The average Bonchev–Trinajstić information content (AvgIpc) is 3.31. The Balaban J connectivity index is 1.45. The number of amides is 1. The zero-order valence-corrected chi connectivity index (χ0v) is 22.9. The van der Waals surface area contributed by atoms with E-state index in [0.29, 0.717) is 30.8 Å². The number of hydrogen-bond donors (Lipinski definition) is 2. The van der Waals surface area contributed by atoms with E-state index in [0.717, 1.165) is 42.8 Å². The van der Waals surface area contributed by atoms with Crippen molar-refractivity contribution < 1.29 is 9.53 Å². The third kappa shape index (κ3) is 7.43. The molecule has 186 valence electrons. The van der Waals surface area contributed by atoms with Gasteiger partial charge in [0, 0.05) is 30.6 Å². The van der Waals surface area contributed by atoms with Crippen LogP contribution in [0.2, 0.25) is 10.3 Å². The third-order valence-electron chi connectivity index (χ3n) is 6.26. The van der Waals surface area contributed by atoms with Crippen LogP contribution in [0.15, 0.2) is 22.9 Å². The van der Waals surface area contributed by atoms with Crippen molar-refractivity contribution in [2.24, 2.45) is 0 Å². The largest absolute Gasteiger partial charge is 0.379 e. The summed E-state index contributed by atoms with van der Waals surface area (Å²) in [6.45, 7) is 7.08. The Hall–Kier alpha value is -1.13. The van der Waals surface area contributed by atoms with Crippen LogP contribution in [0.4, 0.5) is 0 Å². The molecule has 2 atom stereocenters. The molecule has 2 N–H and O–H groups in total. The molecule has 34 heavy (non-hydrogen) atoms. The zero-order valence-electron chi connectivity index (χ0n) is 19.8. The summed E-state index contributed by atoms with van der Waals surface area (Å²) in [7, 11) is 1.68. The smallest absolute Gasteiger partial charge is 0.254 e. The summed E-state index contributed by atoms with van der Waals surface area (Å²) in [6, 6.07) is 4.59. The van der Waals surface area contributed by atoms with Crippen molar-refractivity contribution in [2.45, 2.75) is 51.2 Å². The molecule has 0 aliphatic carbocycles. The standard InChI is InChI=1S/C24H32Cl2N4O2S2/c1-15-12-20(25)29-23(26)21(15)24(31)27-8-4-16(2)30-9-5-18(6-10-30)28-22(19(33)13-32-3)17-7-11-34-14-17/h7,11-12,14,16,18,22,28H,4-6,8-10,13H2,1-3H3,(H,27,31)/t16-,22?/m1/s1. The summed E-state index contributed by atoms with van der Waals surface area (Å²) in [5.41, 5.74) is 2.32. The fourth-order valence-electron chi connectivity index (χ4n) is 4.32. The molecule has 1 amide bonds. The predicted octanol–water partition coefficient (Wildman–Crippen LogP) is 5.08. The first-order chi connectivity index (χ1) is 16.3. The van der Waals surface area contributed by atoms with Gasteiger partial charge in [-0.2, -0.15) is 11.3 Å². The van der Waals surface area contributed by atoms with Gasteiger partial charge < -0.3 is 20.3 Å². The SMILES string of the molecule is COCC(=S)C(NC1CCN([C@H](C)CCNC(=O)c2c(C)cc(Cl)nc2Cl)CC1)c1ccsc1. The fourth-order valence-corrected chi connectivity index (χ4v) is 5.94. The first kappa shape index (κ1) is 27.5. The lowest BCUT2D eigenvalue weighted by Crippen LogP contribution is -2.48. The Labute approximate surface area is 221 Å². The summed E-state index contributed by atoms with van der Waals surface area (Å²) < 4.78 is 5.29. The van der Waals surface area contributed by atoms with Crippen LogP contribution in [0.5, 0.6) is 0 Å². The molecular formula is C24H32Cl2N4O2S2. The Morgan fingerprint density at radius 1 is 1.38 bits per heavy atom. The van der Waals surface area contributed by atoms with Crippen LogP contribution in [0, 0.1) is 6.92 Å². The number of thiocarbonyl (C=S) groups is 1. The molecule has 0 bridgehead atoms. The second-order valence-electron chi connectivity index (χ2n) is 8.69. The molecule has 1 unspecified atom stereocenters. The predicted molar refractivity (Wildman–Crippen MR) is 145 cm³/mol. The minimum absolute atomic E-state index is 0.0445. The minimum Gasteiger partial charge on any atom is -0.379 e.